The molecule has 2 fully saturated rings. The topological polar surface area (TPSA) is 281 Å². The van der Waals surface area contributed by atoms with Gasteiger partial charge in [0.15, 0.2) is 5.82 Å². The molecule has 0 saturated heterocycles. The average molecular weight is 714 g/mol. The molecule has 0 bridgehead atoms. The summed E-state index contributed by atoms with van der Waals surface area (Å²) >= 11 is 0. The molecule has 49 heavy (non-hydrogen) atoms. The Morgan fingerprint density at radius 2 is 1.31 bits per heavy atom. The van der Waals surface area contributed by atoms with Crippen molar-refractivity contribution in [1.82, 2.24) is 9.97 Å². The number of hydrogen-bond donors (Lipinski definition) is 4. The van der Waals surface area contributed by atoms with Gasteiger partial charge >= 0.3 is 29.0 Å². The fourth-order valence-electron chi connectivity index (χ4n) is 3.92. The SMILES string of the molecule is CCN(C[C]1[CH][CH][CH][CH]1)c1ccc2nc(/N=C(\[O-])CCC(=O)ON=C(N)N)nc(N=C([O-])CCC(=O)ON=C(N)N)c2c1.[CH]1[CH][CH][CH][CH]1.[Fe+2]. The predicted octanol–water partition coefficient (Wildman–Crippen LogP) is -0.315. The summed E-state index contributed by atoms with van der Waals surface area (Å²) < 4.78 is 0. The van der Waals surface area contributed by atoms with Gasteiger partial charge in [-0.2, -0.15) is 4.98 Å². The van der Waals surface area contributed by atoms with E-state index >= 15 is 0 Å². The molecule has 2 aliphatic carbocycles. The fourth-order valence-corrected chi connectivity index (χ4v) is 3.92. The van der Waals surface area contributed by atoms with Gasteiger partial charge in [-0.25, -0.2) is 24.6 Å². The van der Waals surface area contributed by atoms with Crippen LogP contribution in [0.15, 0.2) is 38.5 Å². The van der Waals surface area contributed by atoms with Crippen LogP contribution in [0, 0.1) is 63.7 Å². The molecule has 18 heteroatoms. The number of anilines is 1. The van der Waals surface area contributed by atoms with E-state index in [1.54, 1.807) is 12.1 Å². The number of nitrogens with zero attached hydrogens (tertiary/aromatic N) is 7. The molecule has 17 nitrogen and oxygen atoms in total. The summed E-state index contributed by atoms with van der Waals surface area (Å²) in [7, 11) is 0. The van der Waals surface area contributed by atoms with Crippen LogP contribution in [0.3, 0.4) is 0 Å². The molecule has 1 aromatic heterocycles. The minimum absolute atomic E-state index is 0. The Morgan fingerprint density at radius 1 is 0.776 bits per heavy atom. The van der Waals surface area contributed by atoms with Crippen LogP contribution < -0.4 is 38.0 Å². The molecule has 2 aliphatic rings. The number of aliphatic imine (C=N–C) groups is 2. The number of benzene rings is 1. The first-order valence-electron chi connectivity index (χ1n) is 14.5. The van der Waals surface area contributed by atoms with E-state index in [4.69, 9.17) is 22.9 Å². The van der Waals surface area contributed by atoms with E-state index < -0.39 is 35.7 Å². The number of nitrogens with two attached hydrogens (primary N) is 4. The number of hydrogen-bond acceptors (Lipinski definition) is 13. The molecule has 2 saturated carbocycles. The molecule has 258 valence electrons. The average Bonchev–Trinajstić information content (AvgIpc) is 3.81. The number of guanidine groups is 2. The van der Waals surface area contributed by atoms with E-state index in [2.05, 4.69) is 44.8 Å². The van der Waals surface area contributed by atoms with Crippen molar-refractivity contribution >= 4 is 64.0 Å². The van der Waals surface area contributed by atoms with Crippen molar-refractivity contribution in [2.24, 2.45) is 43.2 Å². The van der Waals surface area contributed by atoms with E-state index in [9.17, 15) is 19.8 Å². The zero-order valence-corrected chi connectivity index (χ0v) is 27.5. The quantitative estimate of drug-likeness (QED) is 0.0643. The number of oxime groups is 2. The number of carbonyl (C=O) groups excluding carboxylic acids is 2. The van der Waals surface area contributed by atoms with Gasteiger partial charge in [-0.05, 0) is 118 Å². The first-order valence-corrected chi connectivity index (χ1v) is 14.5. The number of aromatic nitrogens is 2. The minimum Gasteiger partial charge on any atom is -0.862 e. The predicted molar refractivity (Wildman–Crippen MR) is 176 cm³/mol. The molecule has 0 amide bonds. The standard InChI is InChI=1S/C26H32N11O6.C5H5.Fe/c1-2-37(14-15-5-3-4-6-15)16-7-8-18-17(13-16)23(32-19(38)9-11-21(40)42-35-24(27)28)34-26(31-18)33-20(39)10-12-22(41)43-36-25(29)30;1-2-4-5-3-1;/h3-8,13H,2,9-12,14H2,1H3,(H4,27,28,35)(H4,29,30,36)(H2,31,32,33,34,38,39);1-5H;/q;;+2/p-2. The van der Waals surface area contributed by atoms with Crippen molar-refractivity contribution < 1.29 is 46.5 Å². The van der Waals surface area contributed by atoms with Crippen molar-refractivity contribution in [3.63, 3.8) is 0 Å². The normalized spacial score (nSPS) is 14.6. The third-order valence-electron chi connectivity index (χ3n) is 6.10. The summed E-state index contributed by atoms with van der Waals surface area (Å²) in [5, 5.41) is 31.8. The van der Waals surface area contributed by atoms with E-state index in [1.165, 1.54) is 0 Å². The number of rotatable bonds is 14. The Balaban J connectivity index is 0.00000127. The Bertz CT molecular complexity index is 1490. The largest absolute Gasteiger partial charge is 2.00 e. The van der Waals surface area contributed by atoms with Crippen LogP contribution in [0.2, 0.25) is 0 Å². The van der Waals surface area contributed by atoms with Gasteiger partial charge in [-0.1, -0.05) is 0 Å². The van der Waals surface area contributed by atoms with Gasteiger partial charge in [0.05, 0.1) is 18.4 Å². The minimum atomic E-state index is -0.856. The van der Waals surface area contributed by atoms with E-state index in [-0.39, 0.29) is 54.5 Å². The van der Waals surface area contributed by atoms with Gasteiger partial charge < -0.3 is 47.7 Å². The Labute approximate surface area is 295 Å². The second-order valence-electron chi connectivity index (χ2n) is 9.79. The number of fused-ring (bicyclic) bond motifs is 1. The zero-order valence-electron chi connectivity index (χ0n) is 26.4. The van der Waals surface area contributed by atoms with Crippen molar-refractivity contribution in [1.29, 1.82) is 0 Å². The zero-order chi connectivity index (χ0) is 34.9. The maximum atomic E-state index is 12.7. The first-order chi connectivity index (χ1) is 23.0. The fraction of sp³-hybridized carbons (Fsp3) is 0.226. The molecule has 0 atom stereocenters. The van der Waals surface area contributed by atoms with Crippen molar-refractivity contribution in [3.05, 3.63) is 81.9 Å². The number of carbonyl (C=O) groups is 2. The summed E-state index contributed by atoms with van der Waals surface area (Å²) in [6.07, 6.45) is 16.5. The second kappa shape index (κ2) is 21.3. The van der Waals surface area contributed by atoms with Crippen LogP contribution in [-0.2, 0) is 36.3 Å². The molecule has 1 heterocycles. The molecule has 10 radical (unpaired) electrons. The molecule has 4 rings (SSSR count). The van der Waals surface area contributed by atoms with Crippen molar-refractivity contribution in [2.75, 3.05) is 18.0 Å². The van der Waals surface area contributed by atoms with Gasteiger partial charge in [-0.3, -0.25) is 0 Å². The monoisotopic (exact) mass is 713 g/mol. The maximum absolute atomic E-state index is 12.7. The Morgan fingerprint density at radius 3 is 1.82 bits per heavy atom. The van der Waals surface area contributed by atoms with E-state index in [1.807, 2.05) is 70.8 Å². The van der Waals surface area contributed by atoms with Crippen LogP contribution in [-0.4, -0.2) is 58.7 Å². The molecular weight excluding hydrogens is 678 g/mol. The first kappa shape index (κ1) is 40.5. The van der Waals surface area contributed by atoms with Gasteiger partial charge in [0.1, 0.15) is 0 Å². The van der Waals surface area contributed by atoms with Crippen LogP contribution in [0.5, 0.6) is 0 Å². The molecule has 0 unspecified atom stereocenters. The summed E-state index contributed by atoms with van der Waals surface area (Å²) in [6, 6.07) is 5.29. The molecule has 8 N–H and O–H groups in total. The van der Waals surface area contributed by atoms with Gasteiger partial charge in [0.25, 0.3) is 5.95 Å². The third kappa shape index (κ3) is 14.9. The molecular formula is C31H35FeN11O6. The summed E-state index contributed by atoms with van der Waals surface area (Å²) in [4.78, 5) is 50.9. The van der Waals surface area contributed by atoms with Gasteiger partial charge in [0.2, 0.25) is 11.9 Å². The molecule has 1 aromatic carbocycles. The van der Waals surface area contributed by atoms with E-state index in [0.29, 0.717) is 24.0 Å². The van der Waals surface area contributed by atoms with Crippen LogP contribution >= 0.6 is 0 Å². The molecule has 2 aromatic rings. The summed E-state index contributed by atoms with van der Waals surface area (Å²) in [5.41, 5.74) is 21.6. The van der Waals surface area contributed by atoms with Crippen LogP contribution in [0.1, 0.15) is 32.6 Å². The van der Waals surface area contributed by atoms with Crippen LogP contribution in [0.4, 0.5) is 17.5 Å². The van der Waals surface area contributed by atoms with Crippen LogP contribution in [0.25, 0.3) is 10.9 Å². The van der Waals surface area contributed by atoms with Crippen molar-refractivity contribution in [2.45, 2.75) is 32.6 Å². The third-order valence-corrected chi connectivity index (χ3v) is 6.10. The van der Waals surface area contributed by atoms with Gasteiger partial charge in [0, 0.05) is 30.1 Å². The van der Waals surface area contributed by atoms with E-state index in [0.717, 1.165) is 11.6 Å². The second-order valence-corrected chi connectivity index (χ2v) is 9.79. The summed E-state index contributed by atoms with van der Waals surface area (Å²) in [6.45, 7) is 3.31. The molecule has 0 spiro atoms. The smallest absolute Gasteiger partial charge is 0.862 e. The maximum Gasteiger partial charge on any atom is 2.00 e. The van der Waals surface area contributed by atoms with Crippen molar-refractivity contribution in [3.8, 4) is 0 Å². The summed E-state index contributed by atoms with van der Waals surface area (Å²) in [5.74, 6) is -3.32. The van der Waals surface area contributed by atoms with Gasteiger partial charge in [-0.15, -0.1) is 0 Å². The Kier molecular flexibility index (Phi) is 17.6. The molecule has 0 aliphatic heterocycles. The Hall–Kier alpha value is -4.70.